The summed E-state index contributed by atoms with van der Waals surface area (Å²) in [5.41, 5.74) is -0.796. The van der Waals surface area contributed by atoms with E-state index in [-0.39, 0.29) is 16.8 Å². The van der Waals surface area contributed by atoms with Crippen molar-refractivity contribution in [3.8, 4) is 0 Å². The Morgan fingerprint density at radius 1 is 1.20 bits per heavy atom. The van der Waals surface area contributed by atoms with Crippen molar-refractivity contribution >= 4 is 16.3 Å². The van der Waals surface area contributed by atoms with E-state index in [9.17, 15) is 21.6 Å². The van der Waals surface area contributed by atoms with E-state index in [0.717, 1.165) is 24.3 Å². The van der Waals surface area contributed by atoms with E-state index in [0.29, 0.717) is 0 Å². The maximum Gasteiger partial charge on any atom is 0.266 e. The molecule has 1 aromatic carbocycles. The lowest BCUT2D eigenvalue weighted by atomic mass is 10.1. The molecule has 0 bridgehead atoms. The molecule has 0 saturated heterocycles. The van der Waals surface area contributed by atoms with Gasteiger partial charge in [-0.2, -0.15) is 0 Å². The molecule has 15 heavy (non-hydrogen) atoms. The lowest BCUT2D eigenvalue weighted by Gasteiger charge is -2.04. The normalized spacial score (nSPS) is 12.5. The Balaban J connectivity index is 3.08. The molecule has 0 saturated carbocycles. The van der Waals surface area contributed by atoms with Gasteiger partial charge in [-0.05, 0) is 17.7 Å². The number of allylic oxidation sites excluding steroid dienone is 1. The summed E-state index contributed by atoms with van der Waals surface area (Å²) in [6.07, 6.45) is -3.11. The SMILES string of the molecule is O=[SH](=O)c1ccc(C(=CF)C(F)F)cc1. The minimum absolute atomic E-state index is 0.00113. The van der Waals surface area contributed by atoms with Crippen molar-refractivity contribution in [2.45, 2.75) is 11.3 Å². The first-order valence-electron chi connectivity index (χ1n) is 3.89. The Morgan fingerprint density at radius 3 is 2.07 bits per heavy atom. The summed E-state index contributed by atoms with van der Waals surface area (Å²) >= 11 is 0. The van der Waals surface area contributed by atoms with Gasteiger partial charge in [0.2, 0.25) is 0 Å². The van der Waals surface area contributed by atoms with E-state index in [1.165, 1.54) is 0 Å². The average Bonchev–Trinajstić information content (AvgIpc) is 2.19. The van der Waals surface area contributed by atoms with Crippen LogP contribution in [0.5, 0.6) is 0 Å². The highest BCUT2D eigenvalue weighted by Crippen LogP contribution is 2.22. The molecule has 0 aliphatic carbocycles. The van der Waals surface area contributed by atoms with Gasteiger partial charge in [-0.1, -0.05) is 12.1 Å². The van der Waals surface area contributed by atoms with Gasteiger partial charge >= 0.3 is 0 Å². The second kappa shape index (κ2) is 4.97. The van der Waals surface area contributed by atoms with Crippen LogP contribution in [0.2, 0.25) is 0 Å². The molecular weight excluding hydrogens is 229 g/mol. The number of hydrogen-bond acceptors (Lipinski definition) is 2. The number of benzene rings is 1. The molecule has 0 radical (unpaired) electrons. The average molecular weight is 236 g/mol. The molecule has 82 valence electrons. The van der Waals surface area contributed by atoms with Crippen LogP contribution in [0.15, 0.2) is 35.5 Å². The Hall–Kier alpha value is -1.30. The summed E-state index contributed by atoms with van der Waals surface area (Å²) in [5, 5.41) is 0. The van der Waals surface area contributed by atoms with E-state index in [2.05, 4.69) is 0 Å². The molecule has 0 aromatic heterocycles. The second-order valence-corrected chi connectivity index (χ2v) is 3.70. The van der Waals surface area contributed by atoms with Crippen LogP contribution in [-0.4, -0.2) is 14.8 Å². The second-order valence-electron chi connectivity index (χ2n) is 2.67. The predicted molar refractivity (Wildman–Crippen MR) is 50.1 cm³/mol. The molecular formula is C9H7F3O2S. The van der Waals surface area contributed by atoms with Crippen LogP contribution >= 0.6 is 0 Å². The first-order chi connectivity index (χ1) is 7.06. The van der Waals surface area contributed by atoms with Gasteiger partial charge in [0.25, 0.3) is 6.43 Å². The zero-order chi connectivity index (χ0) is 11.4. The summed E-state index contributed by atoms with van der Waals surface area (Å²) in [5.74, 6) is 0. The van der Waals surface area contributed by atoms with Crippen LogP contribution in [0.4, 0.5) is 13.2 Å². The lowest BCUT2D eigenvalue weighted by Crippen LogP contribution is -1.95. The van der Waals surface area contributed by atoms with Gasteiger partial charge in [0.15, 0.2) is 10.7 Å². The molecule has 0 aliphatic heterocycles. The third-order valence-electron chi connectivity index (χ3n) is 1.76. The van der Waals surface area contributed by atoms with Crippen molar-refractivity contribution in [1.29, 1.82) is 0 Å². The topological polar surface area (TPSA) is 34.1 Å². The summed E-state index contributed by atoms with van der Waals surface area (Å²) in [4.78, 5) is 0.00113. The summed E-state index contributed by atoms with van der Waals surface area (Å²) in [6.45, 7) is 0. The van der Waals surface area contributed by atoms with Crippen LogP contribution in [0, 0.1) is 0 Å². The molecule has 0 spiro atoms. The van der Waals surface area contributed by atoms with Gasteiger partial charge in [0.05, 0.1) is 16.8 Å². The molecule has 1 aromatic rings. The van der Waals surface area contributed by atoms with Gasteiger partial charge in [-0.15, -0.1) is 0 Å². The zero-order valence-electron chi connectivity index (χ0n) is 7.36. The van der Waals surface area contributed by atoms with Gasteiger partial charge in [0, 0.05) is 0 Å². The Morgan fingerprint density at radius 2 is 1.73 bits per heavy atom. The predicted octanol–water partition coefficient (Wildman–Crippen LogP) is 2.23. The third-order valence-corrected chi connectivity index (χ3v) is 2.48. The van der Waals surface area contributed by atoms with Crippen LogP contribution in [-0.2, 0) is 10.7 Å². The highest BCUT2D eigenvalue weighted by atomic mass is 32.2. The van der Waals surface area contributed by atoms with Crippen molar-refractivity contribution in [2.75, 3.05) is 0 Å². The van der Waals surface area contributed by atoms with Crippen molar-refractivity contribution in [2.24, 2.45) is 0 Å². The molecule has 1 rings (SSSR count). The minimum Gasteiger partial charge on any atom is -0.227 e. The molecule has 6 heteroatoms. The molecule has 0 heterocycles. The van der Waals surface area contributed by atoms with Crippen LogP contribution < -0.4 is 0 Å². The van der Waals surface area contributed by atoms with E-state index in [1.54, 1.807) is 0 Å². The molecule has 2 nitrogen and oxygen atoms in total. The molecule has 0 unspecified atom stereocenters. The first kappa shape index (κ1) is 11.8. The fraction of sp³-hybridized carbons (Fsp3) is 0.111. The summed E-state index contributed by atoms with van der Waals surface area (Å²) in [7, 11) is -2.75. The minimum atomic E-state index is -2.93. The maximum atomic E-state index is 12.2. The Labute approximate surface area is 86.0 Å². The maximum absolute atomic E-state index is 12.2. The number of hydrogen-bond donors (Lipinski definition) is 1. The van der Waals surface area contributed by atoms with Gasteiger partial charge in [-0.25, -0.2) is 21.6 Å². The van der Waals surface area contributed by atoms with Crippen molar-refractivity contribution < 1.29 is 21.6 Å². The number of alkyl halides is 2. The fourth-order valence-electron chi connectivity index (χ4n) is 1.01. The lowest BCUT2D eigenvalue weighted by molar-refractivity contribution is 0.214. The smallest absolute Gasteiger partial charge is 0.227 e. The van der Waals surface area contributed by atoms with Crippen molar-refractivity contribution in [1.82, 2.24) is 0 Å². The monoisotopic (exact) mass is 236 g/mol. The molecule has 0 amide bonds. The standard InChI is InChI=1S/C9H7F3O2S/c10-5-8(9(11)12)6-1-3-7(4-2-6)15(13)14/h1-5,9,15H. The zero-order valence-corrected chi connectivity index (χ0v) is 8.26. The number of halogens is 3. The summed E-state index contributed by atoms with van der Waals surface area (Å²) in [6, 6.07) is 4.57. The van der Waals surface area contributed by atoms with E-state index in [4.69, 9.17) is 0 Å². The van der Waals surface area contributed by atoms with Gasteiger partial charge < -0.3 is 0 Å². The fourth-order valence-corrected chi connectivity index (χ4v) is 1.40. The number of rotatable bonds is 3. The van der Waals surface area contributed by atoms with E-state index >= 15 is 0 Å². The highest BCUT2D eigenvalue weighted by Gasteiger charge is 2.13. The van der Waals surface area contributed by atoms with E-state index < -0.39 is 22.7 Å². The van der Waals surface area contributed by atoms with Crippen molar-refractivity contribution in [3.63, 3.8) is 0 Å². The Kier molecular flexibility index (Phi) is 3.90. The summed E-state index contributed by atoms with van der Waals surface area (Å²) < 4.78 is 57.5. The quantitative estimate of drug-likeness (QED) is 0.816. The molecule has 0 fully saturated rings. The first-order valence-corrected chi connectivity index (χ1v) is 5.07. The molecule has 0 aliphatic rings. The third kappa shape index (κ3) is 2.82. The van der Waals surface area contributed by atoms with Crippen LogP contribution in [0.25, 0.3) is 5.57 Å². The highest BCUT2D eigenvalue weighted by molar-refractivity contribution is 7.72. The van der Waals surface area contributed by atoms with Gasteiger partial charge in [-0.3, -0.25) is 0 Å². The largest absolute Gasteiger partial charge is 0.266 e. The number of thiol groups is 1. The Bertz CT molecular complexity index is 427. The van der Waals surface area contributed by atoms with Crippen LogP contribution in [0.3, 0.4) is 0 Å². The molecule has 0 atom stereocenters. The van der Waals surface area contributed by atoms with Crippen molar-refractivity contribution in [3.05, 3.63) is 36.2 Å². The van der Waals surface area contributed by atoms with Crippen LogP contribution in [0.1, 0.15) is 5.56 Å². The van der Waals surface area contributed by atoms with Gasteiger partial charge in [0.1, 0.15) is 0 Å². The molecule has 0 N–H and O–H groups in total. The van der Waals surface area contributed by atoms with E-state index in [1.807, 2.05) is 0 Å².